The Bertz CT molecular complexity index is 525. The van der Waals surface area contributed by atoms with Crippen molar-refractivity contribution >= 4 is 11.8 Å². The van der Waals surface area contributed by atoms with E-state index in [2.05, 4.69) is 15.5 Å². The summed E-state index contributed by atoms with van der Waals surface area (Å²) in [6.07, 6.45) is 2.56. The molecular formula is C17H24FN3O2. The third-order valence-corrected chi connectivity index (χ3v) is 3.97. The second kappa shape index (κ2) is 8.62. The van der Waals surface area contributed by atoms with Crippen LogP contribution in [0.5, 0.6) is 0 Å². The minimum Gasteiger partial charge on any atom is -0.355 e. The molecule has 0 bridgehead atoms. The van der Waals surface area contributed by atoms with E-state index >= 15 is 0 Å². The van der Waals surface area contributed by atoms with Crippen LogP contribution in [-0.4, -0.2) is 48.9 Å². The molecule has 23 heavy (non-hydrogen) atoms. The van der Waals surface area contributed by atoms with Crippen molar-refractivity contribution in [1.29, 1.82) is 0 Å². The minimum atomic E-state index is -0.351. The van der Waals surface area contributed by atoms with Crippen LogP contribution in [0.2, 0.25) is 0 Å². The lowest BCUT2D eigenvalue weighted by Crippen LogP contribution is -2.47. The number of piperidine rings is 1. The summed E-state index contributed by atoms with van der Waals surface area (Å²) in [5.41, 5.74) is 0.466. The van der Waals surface area contributed by atoms with Gasteiger partial charge in [0.1, 0.15) is 5.82 Å². The summed E-state index contributed by atoms with van der Waals surface area (Å²) >= 11 is 0. The van der Waals surface area contributed by atoms with Gasteiger partial charge in [0, 0.05) is 31.2 Å². The van der Waals surface area contributed by atoms with Crippen molar-refractivity contribution in [2.45, 2.75) is 32.2 Å². The fraction of sp³-hybridized carbons (Fsp3) is 0.529. The number of benzene rings is 1. The average molecular weight is 321 g/mol. The van der Waals surface area contributed by atoms with Crippen molar-refractivity contribution < 1.29 is 14.0 Å². The first-order valence-corrected chi connectivity index (χ1v) is 8.14. The van der Waals surface area contributed by atoms with Gasteiger partial charge in [0.2, 0.25) is 5.91 Å². The van der Waals surface area contributed by atoms with E-state index in [1.807, 2.05) is 6.92 Å². The quantitative estimate of drug-likeness (QED) is 0.836. The van der Waals surface area contributed by atoms with E-state index in [1.165, 1.54) is 24.3 Å². The van der Waals surface area contributed by atoms with Gasteiger partial charge in [-0.05, 0) is 43.5 Å². The normalized spacial score (nSPS) is 16.1. The van der Waals surface area contributed by atoms with Crippen LogP contribution in [0, 0.1) is 5.82 Å². The highest BCUT2D eigenvalue weighted by Gasteiger charge is 2.22. The Hall–Kier alpha value is -1.95. The van der Waals surface area contributed by atoms with Gasteiger partial charge in [-0.25, -0.2) is 4.39 Å². The molecule has 1 aromatic rings. The molecule has 1 aromatic carbocycles. The van der Waals surface area contributed by atoms with E-state index in [4.69, 9.17) is 0 Å². The molecule has 1 aliphatic heterocycles. The molecule has 1 fully saturated rings. The topological polar surface area (TPSA) is 61.4 Å². The Kier molecular flexibility index (Phi) is 6.52. The molecule has 2 N–H and O–H groups in total. The van der Waals surface area contributed by atoms with E-state index in [1.54, 1.807) is 0 Å². The van der Waals surface area contributed by atoms with Gasteiger partial charge in [0.25, 0.3) is 5.91 Å². The number of nitrogens with one attached hydrogen (secondary N) is 2. The maximum absolute atomic E-state index is 12.9. The highest BCUT2D eigenvalue weighted by molar-refractivity contribution is 5.94. The van der Waals surface area contributed by atoms with E-state index in [0.717, 1.165) is 32.4 Å². The van der Waals surface area contributed by atoms with Gasteiger partial charge < -0.3 is 10.6 Å². The molecule has 1 aliphatic rings. The maximum Gasteiger partial charge on any atom is 0.251 e. The fourth-order valence-electron chi connectivity index (χ4n) is 2.63. The van der Waals surface area contributed by atoms with Crippen LogP contribution in [0.15, 0.2) is 24.3 Å². The van der Waals surface area contributed by atoms with E-state index in [0.29, 0.717) is 18.7 Å². The van der Waals surface area contributed by atoms with E-state index in [9.17, 15) is 14.0 Å². The van der Waals surface area contributed by atoms with E-state index in [-0.39, 0.29) is 23.7 Å². The van der Waals surface area contributed by atoms with Crippen molar-refractivity contribution in [3.8, 4) is 0 Å². The SMILES string of the molecule is CCCNC(=O)CN1CCC(NC(=O)c2ccc(F)cc2)CC1. The number of carbonyl (C=O) groups is 2. The van der Waals surface area contributed by atoms with Crippen LogP contribution in [0.4, 0.5) is 4.39 Å². The molecular weight excluding hydrogens is 297 g/mol. The number of amides is 2. The van der Waals surface area contributed by atoms with Crippen molar-refractivity contribution in [2.75, 3.05) is 26.2 Å². The summed E-state index contributed by atoms with van der Waals surface area (Å²) in [5.74, 6) is -0.471. The van der Waals surface area contributed by atoms with Crippen LogP contribution >= 0.6 is 0 Å². The molecule has 0 unspecified atom stereocenters. The second-order valence-corrected chi connectivity index (χ2v) is 5.88. The van der Waals surface area contributed by atoms with Gasteiger partial charge >= 0.3 is 0 Å². The Morgan fingerprint density at radius 3 is 2.48 bits per heavy atom. The second-order valence-electron chi connectivity index (χ2n) is 5.88. The molecule has 0 radical (unpaired) electrons. The fourth-order valence-corrected chi connectivity index (χ4v) is 2.63. The van der Waals surface area contributed by atoms with Crippen molar-refractivity contribution in [1.82, 2.24) is 15.5 Å². The van der Waals surface area contributed by atoms with Crippen LogP contribution in [-0.2, 0) is 4.79 Å². The van der Waals surface area contributed by atoms with Crippen molar-refractivity contribution in [3.63, 3.8) is 0 Å². The van der Waals surface area contributed by atoms with Crippen molar-refractivity contribution in [2.24, 2.45) is 0 Å². The molecule has 5 nitrogen and oxygen atoms in total. The molecule has 2 amide bonds. The van der Waals surface area contributed by atoms with Crippen LogP contribution in [0.1, 0.15) is 36.5 Å². The number of hydrogen-bond donors (Lipinski definition) is 2. The lowest BCUT2D eigenvalue weighted by Gasteiger charge is -2.31. The third-order valence-electron chi connectivity index (χ3n) is 3.97. The van der Waals surface area contributed by atoms with Crippen LogP contribution in [0.3, 0.4) is 0 Å². The molecule has 0 aromatic heterocycles. The molecule has 2 rings (SSSR count). The lowest BCUT2D eigenvalue weighted by atomic mass is 10.0. The molecule has 0 aliphatic carbocycles. The average Bonchev–Trinajstić information content (AvgIpc) is 2.55. The number of halogens is 1. The first kappa shape index (κ1) is 17.4. The summed E-state index contributed by atoms with van der Waals surface area (Å²) in [4.78, 5) is 25.9. The van der Waals surface area contributed by atoms with Gasteiger partial charge in [-0.1, -0.05) is 6.92 Å². The largest absolute Gasteiger partial charge is 0.355 e. The lowest BCUT2D eigenvalue weighted by molar-refractivity contribution is -0.122. The van der Waals surface area contributed by atoms with Crippen molar-refractivity contribution in [3.05, 3.63) is 35.6 Å². The molecule has 6 heteroatoms. The van der Waals surface area contributed by atoms with Gasteiger partial charge in [0.15, 0.2) is 0 Å². The summed E-state index contributed by atoms with van der Waals surface area (Å²) in [6, 6.07) is 5.64. The minimum absolute atomic E-state index is 0.0562. The third kappa shape index (κ3) is 5.63. The molecule has 0 spiro atoms. The predicted octanol–water partition coefficient (Wildman–Crippen LogP) is 1.55. The maximum atomic E-state index is 12.9. The van der Waals surface area contributed by atoms with E-state index < -0.39 is 0 Å². The zero-order valence-corrected chi connectivity index (χ0v) is 13.5. The Morgan fingerprint density at radius 1 is 1.22 bits per heavy atom. The Morgan fingerprint density at radius 2 is 1.87 bits per heavy atom. The molecule has 0 atom stereocenters. The summed E-state index contributed by atoms with van der Waals surface area (Å²) in [5, 5.41) is 5.84. The molecule has 1 heterocycles. The monoisotopic (exact) mass is 321 g/mol. The standard InChI is InChI=1S/C17H24FN3O2/c1-2-9-19-16(22)12-21-10-7-15(8-11-21)20-17(23)13-3-5-14(18)6-4-13/h3-6,15H,2,7-12H2,1H3,(H,19,22)(H,20,23). The van der Waals surface area contributed by atoms with Gasteiger partial charge in [-0.2, -0.15) is 0 Å². The molecule has 0 saturated carbocycles. The highest BCUT2D eigenvalue weighted by atomic mass is 19.1. The number of hydrogen-bond acceptors (Lipinski definition) is 3. The Labute approximate surface area is 136 Å². The number of rotatable bonds is 6. The van der Waals surface area contributed by atoms with Crippen LogP contribution < -0.4 is 10.6 Å². The molecule has 1 saturated heterocycles. The smallest absolute Gasteiger partial charge is 0.251 e. The number of carbonyl (C=O) groups excluding carboxylic acids is 2. The number of likely N-dealkylation sites (tertiary alicyclic amines) is 1. The first-order chi connectivity index (χ1) is 11.1. The Balaban J connectivity index is 1.73. The highest BCUT2D eigenvalue weighted by Crippen LogP contribution is 2.11. The summed E-state index contributed by atoms with van der Waals surface area (Å²) in [6.45, 7) is 4.72. The first-order valence-electron chi connectivity index (χ1n) is 8.14. The zero-order valence-electron chi connectivity index (χ0n) is 13.5. The predicted molar refractivity (Wildman–Crippen MR) is 86.6 cm³/mol. The van der Waals surface area contributed by atoms with Gasteiger partial charge in [-0.15, -0.1) is 0 Å². The van der Waals surface area contributed by atoms with Gasteiger partial charge in [-0.3, -0.25) is 14.5 Å². The van der Waals surface area contributed by atoms with Gasteiger partial charge in [0.05, 0.1) is 6.54 Å². The van der Waals surface area contributed by atoms with Crippen LogP contribution in [0.25, 0.3) is 0 Å². The zero-order chi connectivity index (χ0) is 16.7. The summed E-state index contributed by atoms with van der Waals surface area (Å²) < 4.78 is 12.9. The number of nitrogens with zero attached hydrogens (tertiary/aromatic N) is 1. The summed E-state index contributed by atoms with van der Waals surface area (Å²) in [7, 11) is 0. The molecule has 126 valence electrons.